The number of carboxylic acids is 1. The number of aliphatic carboxylic acids is 1. The lowest BCUT2D eigenvalue weighted by Gasteiger charge is -2.11. The van der Waals surface area contributed by atoms with Crippen molar-refractivity contribution >= 4 is 28.9 Å². The van der Waals surface area contributed by atoms with E-state index in [4.69, 9.17) is 16.7 Å². The molecule has 0 aliphatic carbocycles. The Morgan fingerprint density at radius 2 is 2.20 bits per heavy atom. The molecule has 1 unspecified atom stereocenters. The number of benzene rings is 1. The number of anilines is 1. The lowest BCUT2D eigenvalue weighted by Crippen LogP contribution is -2.09. The Bertz CT molecular complexity index is 493. The molecule has 7 heteroatoms. The van der Waals surface area contributed by atoms with Gasteiger partial charge in [-0.25, -0.2) is 0 Å². The Kier molecular flexibility index (Phi) is 6.24. The van der Waals surface area contributed by atoms with Gasteiger partial charge in [0.15, 0.2) is 0 Å². The van der Waals surface area contributed by atoms with Crippen molar-refractivity contribution in [2.24, 2.45) is 5.92 Å². The number of rotatable bonds is 8. The highest BCUT2D eigenvalue weighted by Crippen LogP contribution is 2.27. The largest absolute Gasteiger partial charge is 0.481 e. The van der Waals surface area contributed by atoms with Crippen molar-refractivity contribution in [2.75, 3.05) is 11.9 Å². The van der Waals surface area contributed by atoms with E-state index in [1.165, 1.54) is 6.07 Å². The van der Waals surface area contributed by atoms with E-state index < -0.39 is 10.9 Å². The molecular weight excluding hydrogens is 284 g/mol. The molecular formula is C13H17ClN2O4. The van der Waals surface area contributed by atoms with Crippen LogP contribution in [-0.2, 0) is 4.79 Å². The van der Waals surface area contributed by atoms with Crippen molar-refractivity contribution in [3.05, 3.63) is 33.3 Å². The predicted molar refractivity (Wildman–Crippen MR) is 77.2 cm³/mol. The van der Waals surface area contributed by atoms with Crippen LogP contribution >= 0.6 is 11.6 Å². The third kappa shape index (κ3) is 5.44. The summed E-state index contributed by atoms with van der Waals surface area (Å²) >= 11 is 5.73. The van der Waals surface area contributed by atoms with Crippen LogP contribution in [0.25, 0.3) is 0 Å². The van der Waals surface area contributed by atoms with Crippen molar-refractivity contribution in [3.63, 3.8) is 0 Å². The Balaban J connectivity index is 2.49. The highest BCUT2D eigenvalue weighted by Gasteiger charge is 2.14. The molecule has 0 saturated heterocycles. The third-order valence-corrected chi connectivity index (χ3v) is 3.20. The van der Waals surface area contributed by atoms with E-state index >= 15 is 0 Å². The summed E-state index contributed by atoms with van der Waals surface area (Å²) < 4.78 is 0. The van der Waals surface area contributed by atoms with Gasteiger partial charge < -0.3 is 10.4 Å². The summed E-state index contributed by atoms with van der Waals surface area (Å²) in [5.74, 6) is -0.567. The zero-order valence-electron chi connectivity index (χ0n) is 11.1. The summed E-state index contributed by atoms with van der Waals surface area (Å²) in [6, 6.07) is 4.46. The number of nitro benzene ring substituents is 1. The van der Waals surface area contributed by atoms with E-state index in [9.17, 15) is 14.9 Å². The molecule has 0 amide bonds. The number of carbonyl (C=O) groups is 1. The van der Waals surface area contributed by atoms with Gasteiger partial charge in [-0.05, 0) is 30.9 Å². The van der Waals surface area contributed by atoms with Crippen molar-refractivity contribution < 1.29 is 14.8 Å². The summed E-state index contributed by atoms with van der Waals surface area (Å²) in [7, 11) is 0. The van der Waals surface area contributed by atoms with Gasteiger partial charge in [-0.15, -0.1) is 0 Å². The monoisotopic (exact) mass is 300 g/mol. The van der Waals surface area contributed by atoms with E-state index in [2.05, 4.69) is 5.32 Å². The standard InChI is InChI=1S/C13H17ClN2O4/c1-9(2-5-13(17)18)6-7-15-11-4-3-10(14)8-12(11)16(19)20/h3-4,8-9,15H,2,5-7H2,1H3,(H,17,18). The first-order valence-electron chi connectivity index (χ1n) is 6.29. The van der Waals surface area contributed by atoms with E-state index in [-0.39, 0.29) is 18.0 Å². The second-order valence-corrected chi connectivity index (χ2v) is 5.11. The van der Waals surface area contributed by atoms with Gasteiger partial charge in [0.05, 0.1) is 4.92 Å². The van der Waals surface area contributed by atoms with Crippen LogP contribution in [0.5, 0.6) is 0 Å². The summed E-state index contributed by atoms with van der Waals surface area (Å²) in [6.07, 6.45) is 1.48. The molecule has 20 heavy (non-hydrogen) atoms. The molecule has 1 aromatic rings. The fourth-order valence-corrected chi connectivity index (χ4v) is 1.94. The van der Waals surface area contributed by atoms with E-state index in [1.807, 2.05) is 6.92 Å². The van der Waals surface area contributed by atoms with Crippen LogP contribution in [0.1, 0.15) is 26.2 Å². The Labute approximate surface area is 121 Å². The topological polar surface area (TPSA) is 92.5 Å². The SMILES string of the molecule is CC(CCNc1ccc(Cl)cc1[N+](=O)[O-])CCC(=O)O. The van der Waals surface area contributed by atoms with Crippen molar-refractivity contribution in [1.82, 2.24) is 0 Å². The van der Waals surface area contributed by atoms with Gasteiger partial charge in [-0.2, -0.15) is 0 Å². The molecule has 1 aromatic carbocycles. The van der Waals surface area contributed by atoms with E-state index in [1.54, 1.807) is 12.1 Å². The summed E-state index contributed by atoms with van der Waals surface area (Å²) in [5, 5.41) is 22.8. The molecule has 6 nitrogen and oxygen atoms in total. The van der Waals surface area contributed by atoms with Gasteiger partial charge >= 0.3 is 5.97 Å². The highest BCUT2D eigenvalue weighted by atomic mass is 35.5. The quantitative estimate of drug-likeness (QED) is 0.565. The fourth-order valence-electron chi connectivity index (χ4n) is 1.77. The minimum atomic E-state index is -0.807. The van der Waals surface area contributed by atoms with Crippen LogP contribution in [-0.4, -0.2) is 22.5 Å². The Morgan fingerprint density at radius 3 is 2.80 bits per heavy atom. The number of hydrogen-bond acceptors (Lipinski definition) is 4. The van der Waals surface area contributed by atoms with Gasteiger partial charge in [0, 0.05) is 24.1 Å². The summed E-state index contributed by atoms with van der Waals surface area (Å²) in [6.45, 7) is 2.50. The molecule has 110 valence electrons. The molecule has 0 aliphatic rings. The van der Waals surface area contributed by atoms with Gasteiger partial charge in [-0.1, -0.05) is 18.5 Å². The Hall–Kier alpha value is -1.82. The number of hydrogen-bond donors (Lipinski definition) is 2. The van der Waals surface area contributed by atoms with Crippen LogP contribution in [0.3, 0.4) is 0 Å². The number of carboxylic acid groups (broad SMARTS) is 1. The van der Waals surface area contributed by atoms with E-state index in [0.29, 0.717) is 23.7 Å². The maximum Gasteiger partial charge on any atom is 0.303 e. The zero-order valence-corrected chi connectivity index (χ0v) is 11.9. The molecule has 0 fully saturated rings. The van der Waals surface area contributed by atoms with Gasteiger partial charge in [-0.3, -0.25) is 14.9 Å². The number of nitro groups is 1. The number of halogens is 1. The summed E-state index contributed by atoms with van der Waals surface area (Å²) in [4.78, 5) is 20.9. The molecule has 0 spiro atoms. The minimum absolute atomic E-state index is 0.0595. The molecule has 0 aromatic heterocycles. The normalized spacial score (nSPS) is 11.9. The molecule has 0 heterocycles. The van der Waals surface area contributed by atoms with Gasteiger partial charge in [0.2, 0.25) is 0 Å². The lowest BCUT2D eigenvalue weighted by atomic mass is 10.0. The smallest absolute Gasteiger partial charge is 0.303 e. The average Bonchev–Trinajstić information content (AvgIpc) is 2.37. The maximum absolute atomic E-state index is 10.9. The van der Waals surface area contributed by atoms with Crippen molar-refractivity contribution in [3.8, 4) is 0 Å². The molecule has 1 atom stereocenters. The van der Waals surface area contributed by atoms with Crippen LogP contribution < -0.4 is 5.32 Å². The van der Waals surface area contributed by atoms with Gasteiger partial charge in [0.1, 0.15) is 5.69 Å². The van der Waals surface area contributed by atoms with Crippen LogP contribution in [0.2, 0.25) is 5.02 Å². The van der Waals surface area contributed by atoms with Crippen molar-refractivity contribution in [2.45, 2.75) is 26.2 Å². The molecule has 0 aliphatic heterocycles. The number of nitrogens with one attached hydrogen (secondary N) is 1. The minimum Gasteiger partial charge on any atom is -0.481 e. The Morgan fingerprint density at radius 1 is 1.50 bits per heavy atom. The molecule has 0 radical (unpaired) electrons. The van der Waals surface area contributed by atoms with Crippen LogP contribution in [0.15, 0.2) is 18.2 Å². The summed E-state index contributed by atoms with van der Waals surface area (Å²) in [5.41, 5.74) is 0.362. The van der Waals surface area contributed by atoms with Crippen LogP contribution in [0, 0.1) is 16.0 Å². The lowest BCUT2D eigenvalue weighted by molar-refractivity contribution is -0.383. The average molecular weight is 301 g/mol. The molecule has 2 N–H and O–H groups in total. The molecule has 1 rings (SSSR count). The first kappa shape index (κ1) is 16.2. The van der Waals surface area contributed by atoms with Crippen LogP contribution in [0.4, 0.5) is 11.4 Å². The molecule has 0 saturated carbocycles. The first-order valence-corrected chi connectivity index (χ1v) is 6.67. The second-order valence-electron chi connectivity index (χ2n) is 4.67. The van der Waals surface area contributed by atoms with Crippen molar-refractivity contribution in [1.29, 1.82) is 0 Å². The van der Waals surface area contributed by atoms with Gasteiger partial charge in [0.25, 0.3) is 5.69 Å². The molecule has 0 bridgehead atoms. The first-order chi connectivity index (χ1) is 9.40. The second kappa shape index (κ2) is 7.69. The number of nitrogens with zero attached hydrogens (tertiary/aromatic N) is 1. The van der Waals surface area contributed by atoms with E-state index in [0.717, 1.165) is 6.42 Å². The fraction of sp³-hybridized carbons (Fsp3) is 0.462. The third-order valence-electron chi connectivity index (χ3n) is 2.96. The highest BCUT2D eigenvalue weighted by molar-refractivity contribution is 6.30. The maximum atomic E-state index is 10.9. The zero-order chi connectivity index (χ0) is 15.1. The predicted octanol–water partition coefficient (Wildman–Crippen LogP) is 3.55.